The van der Waals surface area contributed by atoms with E-state index in [4.69, 9.17) is 5.73 Å². The predicted octanol–water partition coefficient (Wildman–Crippen LogP) is 1.72. The van der Waals surface area contributed by atoms with Crippen LogP contribution in [-0.4, -0.2) is 20.1 Å². The van der Waals surface area contributed by atoms with Crippen molar-refractivity contribution < 1.29 is 18.0 Å². The molecule has 120 valence electrons. The van der Waals surface area contributed by atoms with Gasteiger partial charge in [-0.3, -0.25) is 14.3 Å². The van der Waals surface area contributed by atoms with Gasteiger partial charge in [-0.05, 0) is 36.8 Å². The van der Waals surface area contributed by atoms with E-state index in [2.05, 4.69) is 4.72 Å². The minimum atomic E-state index is -3.74. The lowest BCUT2D eigenvalue weighted by Crippen LogP contribution is -2.14. The third kappa shape index (κ3) is 4.40. The van der Waals surface area contributed by atoms with Gasteiger partial charge in [0.25, 0.3) is 10.0 Å². The Morgan fingerprint density at radius 1 is 1.00 bits per heavy atom. The van der Waals surface area contributed by atoms with Crippen molar-refractivity contribution in [3.8, 4) is 0 Å². The molecule has 0 unspecified atom stereocenters. The van der Waals surface area contributed by atoms with Crippen molar-refractivity contribution in [2.24, 2.45) is 5.73 Å². The zero-order valence-corrected chi connectivity index (χ0v) is 13.3. The first kappa shape index (κ1) is 16.7. The molecule has 0 saturated heterocycles. The number of primary amides is 1. The molecular formula is C16H16N2O4S. The summed E-state index contributed by atoms with van der Waals surface area (Å²) in [5, 5.41) is 0. The molecule has 0 aliphatic rings. The van der Waals surface area contributed by atoms with Gasteiger partial charge in [0.15, 0.2) is 5.78 Å². The molecule has 0 fully saturated rings. The second-order valence-electron chi connectivity index (χ2n) is 5.03. The lowest BCUT2D eigenvalue weighted by molar-refractivity contribution is -0.117. The summed E-state index contributed by atoms with van der Waals surface area (Å²) in [6.45, 7) is 1.41. The molecule has 0 atom stereocenters. The van der Waals surface area contributed by atoms with Gasteiger partial charge in [-0.25, -0.2) is 8.42 Å². The van der Waals surface area contributed by atoms with E-state index in [1.807, 2.05) is 0 Å². The Morgan fingerprint density at radius 3 is 2.04 bits per heavy atom. The van der Waals surface area contributed by atoms with E-state index in [1.165, 1.54) is 31.2 Å². The molecule has 23 heavy (non-hydrogen) atoms. The molecule has 0 aromatic heterocycles. The zero-order valence-electron chi connectivity index (χ0n) is 12.4. The standard InChI is InChI=1S/C16H16N2O4S/c1-11(19)13-4-8-15(9-5-13)23(21,22)18-14-6-2-12(3-7-14)10-16(17)20/h2-9,18H,10H2,1H3,(H2,17,20). The summed E-state index contributed by atoms with van der Waals surface area (Å²) in [5.74, 6) is -0.587. The summed E-state index contributed by atoms with van der Waals surface area (Å²) in [6.07, 6.45) is 0.0968. The van der Waals surface area contributed by atoms with Crippen molar-refractivity contribution in [3.05, 3.63) is 59.7 Å². The topological polar surface area (TPSA) is 106 Å². The van der Waals surface area contributed by atoms with E-state index in [0.29, 0.717) is 16.8 Å². The van der Waals surface area contributed by atoms with Crippen molar-refractivity contribution in [2.45, 2.75) is 18.2 Å². The van der Waals surface area contributed by atoms with Crippen LogP contribution in [0.2, 0.25) is 0 Å². The van der Waals surface area contributed by atoms with Crippen LogP contribution in [0.25, 0.3) is 0 Å². The van der Waals surface area contributed by atoms with E-state index >= 15 is 0 Å². The van der Waals surface area contributed by atoms with Crippen molar-refractivity contribution in [2.75, 3.05) is 4.72 Å². The number of Topliss-reactive ketones (excluding diaryl/α,β-unsaturated/α-hetero) is 1. The van der Waals surface area contributed by atoms with E-state index < -0.39 is 15.9 Å². The van der Waals surface area contributed by atoms with Crippen LogP contribution in [0.1, 0.15) is 22.8 Å². The summed E-state index contributed by atoms with van der Waals surface area (Å²) >= 11 is 0. The molecule has 0 saturated carbocycles. The lowest BCUT2D eigenvalue weighted by atomic mass is 10.1. The third-order valence-corrected chi connectivity index (χ3v) is 4.55. The van der Waals surface area contributed by atoms with E-state index in [0.717, 1.165) is 0 Å². The minimum Gasteiger partial charge on any atom is -0.369 e. The van der Waals surface area contributed by atoms with E-state index in [9.17, 15) is 18.0 Å². The maximum Gasteiger partial charge on any atom is 0.261 e. The van der Waals surface area contributed by atoms with Crippen LogP contribution in [0.5, 0.6) is 0 Å². The number of carbonyl (C=O) groups excluding carboxylic acids is 2. The van der Waals surface area contributed by atoms with Gasteiger partial charge in [0.2, 0.25) is 5.91 Å². The number of benzene rings is 2. The fourth-order valence-corrected chi connectivity index (χ4v) is 3.03. The molecule has 1 amide bonds. The van der Waals surface area contributed by atoms with Crippen molar-refractivity contribution in [3.63, 3.8) is 0 Å². The van der Waals surface area contributed by atoms with E-state index in [-0.39, 0.29) is 17.1 Å². The molecule has 0 heterocycles. The highest BCUT2D eigenvalue weighted by Crippen LogP contribution is 2.17. The predicted molar refractivity (Wildman–Crippen MR) is 86.6 cm³/mol. The molecule has 7 heteroatoms. The average molecular weight is 332 g/mol. The monoisotopic (exact) mass is 332 g/mol. The summed E-state index contributed by atoms with van der Waals surface area (Å²) in [4.78, 5) is 22.1. The Morgan fingerprint density at radius 2 is 1.57 bits per heavy atom. The molecule has 2 aromatic carbocycles. The van der Waals surface area contributed by atoms with Gasteiger partial charge >= 0.3 is 0 Å². The first-order valence-electron chi connectivity index (χ1n) is 6.79. The number of rotatable bonds is 6. The quantitative estimate of drug-likeness (QED) is 0.785. The largest absolute Gasteiger partial charge is 0.369 e. The van der Waals surface area contributed by atoms with Crippen molar-refractivity contribution >= 4 is 27.4 Å². The van der Waals surface area contributed by atoms with Crippen LogP contribution in [0, 0.1) is 0 Å². The Bertz CT molecular complexity index is 825. The van der Waals surface area contributed by atoms with Crippen LogP contribution in [0.3, 0.4) is 0 Å². The number of anilines is 1. The number of amides is 1. The molecule has 0 radical (unpaired) electrons. The first-order valence-corrected chi connectivity index (χ1v) is 8.27. The molecule has 3 N–H and O–H groups in total. The van der Waals surface area contributed by atoms with Crippen molar-refractivity contribution in [1.82, 2.24) is 0 Å². The first-order chi connectivity index (χ1) is 10.8. The smallest absolute Gasteiger partial charge is 0.261 e. The summed E-state index contributed by atoms with van der Waals surface area (Å²) in [7, 11) is -3.74. The van der Waals surface area contributed by atoms with Gasteiger partial charge in [-0.2, -0.15) is 0 Å². The van der Waals surface area contributed by atoms with Gasteiger partial charge in [-0.15, -0.1) is 0 Å². The average Bonchev–Trinajstić information content (AvgIpc) is 2.48. The lowest BCUT2D eigenvalue weighted by Gasteiger charge is -2.09. The van der Waals surface area contributed by atoms with Gasteiger partial charge in [0.05, 0.1) is 11.3 Å². The molecule has 0 aliphatic carbocycles. The number of hydrogen-bond acceptors (Lipinski definition) is 4. The van der Waals surface area contributed by atoms with Crippen LogP contribution in [0.15, 0.2) is 53.4 Å². The second kappa shape index (κ2) is 6.62. The molecule has 6 nitrogen and oxygen atoms in total. The molecule has 2 rings (SSSR count). The number of carbonyl (C=O) groups is 2. The number of nitrogens with one attached hydrogen (secondary N) is 1. The zero-order chi connectivity index (χ0) is 17.0. The fraction of sp³-hybridized carbons (Fsp3) is 0.125. The number of sulfonamides is 1. The molecule has 0 aliphatic heterocycles. The second-order valence-corrected chi connectivity index (χ2v) is 6.71. The van der Waals surface area contributed by atoms with Gasteiger partial charge in [0, 0.05) is 11.3 Å². The number of hydrogen-bond donors (Lipinski definition) is 2. The molecule has 2 aromatic rings. The third-order valence-electron chi connectivity index (χ3n) is 3.16. The van der Waals surface area contributed by atoms with Crippen LogP contribution < -0.4 is 10.5 Å². The van der Waals surface area contributed by atoms with Gasteiger partial charge in [-0.1, -0.05) is 24.3 Å². The highest BCUT2D eigenvalue weighted by molar-refractivity contribution is 7.92. The fourth-order valence-electron chi connectivity index (χ4n) is 1.97. The Balaban J connectivity index is 2.17. The Kier molecular flexibility index (Phi) is 4.80. The number of ketones is 1. The van der Waals surface area contributed by atoms with Crippen LogP contribution in [-0.2, 0) is 21.2 Å². The molecule has 0 bridgehead atoms. The van der Waals surface area contributed by atoms with Gasteiger partial charge in [0.1, 0.15) is 0 Å². The van der Waals surface area contributed by atoms with Gasteiger partial charge < -0.3 is 5.73 Å². The maximum absolute atomic E-state index is 12.3. The summed E-state index contributed by atoms with van der Waals surface area (Å²) in [6, 6.07) is 12.0. The highest BCUT2D eigenvalue weighted by atomic mass is 32.2. The molecule has 0 spiro atoms. The maximum atomic E-state index is 12.3. The van der Waals surface area contributed by atoms with E-state index in [1.54, 1.807) is 24.3 Å². The highest BCUT2D eigenvalue weighted by Gasteiger charge is 2.14. The van der Waals surface area contributed by atoms with Crippen LogP contribution in [0.4, 0.5) is 5.69 Å². The number of nitrogens with two attached hydrogens (primary N) is 1. The van der Waals surface area contributed by atoms with Crippen LogP contribution >= 0.6 is 0 Å². The summed E-state index contributed by atoms with van der Waals surface area (Å²) in [5.41, 5.74) is 6.61. The van der Waals surface area contributed by atoms with Crippen molar-refractivity contribution in [1.29, 1.82) is 0 Å². The Labute approximate surface area is 134 Å². The minimum absolute atomic E-state index is 0.0590. The molecular weight excluding hydrogens is 316 g/mol. The SMILES string of the molecule is CC(=O)c1ccc(S(=O)(=O)Nc2ccc(CC(N)=O)cc2)cc1. The normalized spacial score (nSPS) is 11.0. The Hall–Kier alpha value is -2.67. The summed E-state index contributed by atoms with van der Waals surface area (Å²) < 4.78 is 27.0.